The molecular formula is C13H16N2O3. The van der Waals surface area contributed by atoms with Gasteiger partial charge in [0.2, 0.25) is 0 Å². The van der Waals surface area contributed by atoms with Gasteiger partial charge in [-0.1, -0.05) is 19.1 Å². The van der Waals surface area contributed by atoms with E-state index >= 15 is 0 Å². The van der Waals surface area contributed by atoms with Crippen LogP contribution in [-0.2, 0) is 9.59 Å². The fourth-order valence-electron chi connectivity index (χ4n) is 1.92. The number of anilines is 1. The number of hydrogen-bond acceptors (Lipinski definition) is 3. The minimum absolute atomic E-state index is 0.0689. The number of amides is 2. The van der Waals surface area contributed by atoms with Crippen molar-refractivity contribution in [3.63, 3.8) is 0 Å². The van der Waals surface area contributed by atoms with E-state index in [1.807, 2.05) is 19.1 Å². The molecule has 0 aromatic heterocycles. The van der Waals surface area contributed by atoms with Gasteiger partial charge in [-0.3, -0.25) is 9.59 Å². The van der Waals surface area contributed by atoms with E-state index in [-0.39, 0.29) is 12.5 Å². The molecule has 0 radical (unpaired) electrons. The molecule has 1 heterocycles. The summed E-state index contributed by atoms with van der Waals surface area (Å²) in [6, 6.07) is 7.35. The molecular weight excluding hydrogens is 232 g/mol. The summed E-state index contributed by atoms with van der Waals surface area (Å²) >= 11 is 0. The first-order valence-electron chi connectivity index (χ1n) is 5.94. The van der Waals surface area contributed by atoms with Crippen molar-refractivity contribution in [2.75, 3.05) is 24.6 Å². The molecule has 5 heteroatoms. The van der Waals surface area contributed by atoms with Gasteiger partial charge >= 0.3 is 11.8 Å². The molecule has 1 atom stereocenters. The highest BCUT2D eigenvalue weighted by Crippen LogP contribution is 2.20. The molecule has 5 nitrogen and oxygen atoms in total. The Labute approximate surface area is 105 Å². The van der Waals surface area contributed by atoms with Gasteiger partial charge in [-0.05, 0) is 17.7 Å². The van der Waals surface area contributed by atoms with E-state index in [0.29, 0.717) is 18.8 Å². The highest BCUT2D eigenvalue weighted by Gasteiger charge is 2.27. The van der Waals surface area contributed by atoms with Crippen molar-refractivity contribution in [2.24, 2.45) is 0 Å². The zero-order valence-electron chi connectivity index (χ0n) is 10.2. The van der Waals surface area contributed by atoms with Crippen LogP contribution in [0.1, 0.15) is 18.4 Å². The van der Waals surface area contributed by atoms with Crippen LogP contribution in [0.15, 0.2) is 24.3 Å². The normalized spacial score (nSPS) is 17.6. The lowest BCUT2D eigenvalue weighted by Crippen LogP contribution is -2.52. The molecule has 1 aliphatic heterocycles. The van der Waals surface area contributed by atoms with Crippen molar-refractivity contribution in [1.29, 1.82) is 0 Å². The molecule has 96 valence electrons. The molecule has 2 rings (SSSR count). The Morgan fingerprint density at radius 3 is 2.61 bits per heavy atom. The van der Waals surface area contributed by atoms with Gasteiger partial charge in [-0.15, -0.1) is 0 Å². The number of benzene rings is 1. The van der Waals surface area contributed by atoms with Gasteiger partial charge in [0.15, 0.2) is 0 Å². The highest BCUT2D eigenvalue weighted by molar-refractivity contribution is 6.41. The smallest absolute Gasteiger partial charge is 0.316 e. The fraction of sp³-hybridized carbons (Fsp3) is 0.385. The maximum Gasteiger partial charge on any atom is 0.316 e. The van der Waals surface area contributed by atoms with Crippen molar-refractivity contribution in [1.82, 2.24) is 5.32 Å². The Morgan fingerprint density at radius 1 is 1.33 bits per heavy atom. The van der Waals surface area contributed by atoms with E-state index in [0.717, 1.165) is 5.56 Å². The second kappa shape index (κ2) is 5.18. The van der Waals surface area contributed by atoms with Crippen LogP contribution in [0.25, 0.3) is 0 Å². The molecule has 0 aliphatic carbocycles. The van der Waals surface area contributed by atoms with E-state index < -0.39 is 11.8 Å². The number of carbonyl (C=O) groups is 2. The van der Waals surface area contributed by atoms with Crippen LogP contribution in [0.2, 0.25) is 0 Å². The first-order chi connectivity index (χ1) is 8.63. The van der Waals surface area contributed by atoms with E-state index in [4.69, 9.17) is 5.11 Å². The Morgan fingerprint density at radius 2 is 2.00 bits per heavy atom. The highest BCUT2D eigenvalue weighted by atomic mass is 16.3. The molecule has 1 fully saturated rings. The standard InChI is InChI=1S/C13H16N2O3/c1-9(8-16)10-2-4-11(5-3-10)15-7-6-14-12(17)13(15)18/h2-5,9,16H,6-8H2,1H3,(H,14,17). The molecule has 1 aromatic rings. The SMILES string of the molecule is CC(CO)c1ccc(N2CCNC(=O)C2=O)cc1. The predicted octanol–water partition coefficient (Wildman–Crippen LogP) is 0.245. The largest absolute Gasteiger partial charge is 0.396 e. The number of aliphatic hydroxyl groups excluding tert-OH is 1. The summed E-state index contributed by atoms with van der Waals surface area (Å²) in [5, 5.41) is 11.6. The molecule has 18 heavy (non-hydrogen) atoms. The summed E-state index contributed by atoms with van der Waals surface area (Å²) in [7, 11) is 0. The number of nitrogens with one attached hydrogen (secondary N) is 1. The van der Waals surface area contributed by atoms with Crippen LogP contribution in [0.4, 0.5) is 5.69 Å². The monoisotopic (exact) mass is 248 g/mol. The van der Waals surface area contributed by atoms with Gasteiger partial charge in [-0.2, -0.15) is 0 Å². The van der Waals surface area contributed by atoms with Gasteiger partial charge in [0.05, 0.1) is 0 Å². The van der Waals surface area contributed by atoms with Crippen molar-refractivity contribution < 1.29 is 14.7 Å². The van der Waals surface area contributed by atoms with Gasteiger partial charge in [0.1, 0.15) is 0 Å². The molecule has 1 saturated heterocycles. The molecule has 1 unspecified atom stereocenters. The zero-order chi connectivity index (χ0) is 13.1. The summed E-state index contributed by atoms with van der Waals surface area (Å²) in [5.41, 5.74) is 1.72. The number of carbonyl (C=O) groups excluding carboxylic acids is 2. The third kappa shape index (κ3) is 2.36. The second-order valence-corrected chi connectivity index (χ2v) is 4.39. The summed E-state index contributed by atoms with van der Waals surface area (Å²) < 4.78 is 0. The van der Waals surface area contributed by atoms with Crippen LogP contribution in [-0.4, -0.2) is 36.6 Å². The summed E-state index contributed by atoms with van der Waals surface area (Å²) in [6.45, 7) is 2.97. The maximum absolute atomic E-state index is 11.7. The third-order valence-electron chi connectivity index (χ3n) is 3.11. The molecule has 0 spiro atoms. The number of rotatable bonds is 3. The van der Waals surface area contributed by atoms with Gasteiger partial charge < -0.3 is 15.3 Å². The first kappa shape index (κ1) is 12.6. The molecule has 0 saturated carbocycles. The van der Waals surface area contributed by atoms with Crippen molar-refractivity contribution in [2.45, 2.75) is 12.8 Å². The predicted molar refractivity (Wildman–Crippen MR) is 67.3 cm³/mol. The van der Waals surface area contributed by atoms with Crippen molar-refractivity contribution in [3.8, 4) is 0 Å². The Hall–Kier alpha value is -1.88. The molecule has 0 bridgehead atoms. The molecule has 1 aromatic carbocycles. The van der Waals surface area contributed by atoms with E-state index in [1.54, 1.807) is 12.1 Å². The number of nitrogens with zero attached hydrogens (tertiary/aromatic N) is 1. The molecule has 2 N–H and O–H groups in total. The quantitative estimate of drug-likeness (QED) is 0.753. The average molecular weight is 248 g/mol. The van der Waals surface area contributed by atoms with E-state index in [2.05, 4.69) is 5.32 Å². The first-order valence-corrected chi connectivity index (χ1v) is 5.94. The lowest BCUT2D eigenvalue weighted by atomic mass is 10.0. The summed E-state index contributed by atoms with van der Waals surface area (Å²) in [4.78, 5) is 24.4. The van der Waals surface area contributed by atoms with Crippen molar-refractivity contribution >= 4 is 17.5 Å². The topological polar surface area (TPSA) is 69.6 Å². The molecule has 1 aliphatic rings. The van der Waals surface area contributed by atoms with Crippen LogP contribution in [0.5, 0.6) is 0 Å². The Bertz CT molecular complexity index is 456. The maximum atomic E-state index is 11.7. The van der Waals surface area contributed by atoms with E-state index in [9.17, 15) is 9.59 Å². The third-order valence-corrected chi connectivity index (χ3v) is 3.11. The summed E-state index contributed by atoms with van der Waals surface area (Å²) in [6.07, 6.45) is 0. The van der Waals surface area contributed by atoms with Crippen molar-refractivity contribution in [3.05, 3.63) is 29.8 Å². The van der Waals surface area contributed by atoms with Gasteiger partial charge in [0.25, 0.3) is 0 Å². The number of hydrogen-bond donors (Lipinski definition) is 2. The summed E-state index contributed by atoms with van der Waals surface area (Å²) in [5.74, 6) is -1.02. The van der Waals surface area contributed by atoms with Gasteiger partial charge in [0, 0.05) is 31.3 Å². The van der Waals surface area contributed by atoms with Crippen LogP contribution < -0.4 is 10.2 Å². The van der Waals surface area contributed by atoms with E-state index in [1.165, 1.54) is 4.90 Å². The van der Waals surface area contributed by atoms with Gasteiger partial charge in [-0.25, -0.2) is 0 Å². The Kier molecular flexibility index (Phi) is 3.62. The average Bonchev–Trinajstić information content (AvgIpc) is 2.41. The minimum atomic E-state index is -0.561. The fourth-order valence-corrected chi connectivity index (χ4v) is 1.92. The van der Waals surface area contributed by atoms with Crippen LogP contribution >= 0.6 is 0 Å². The Balaban J connectivity index is 2.19. The second-order valence-electron chi connectivity index (χ2n) is 4.39. The minimum Gasteiger partial charge on any atom is -0.396 e. The number of aliphatic hydroxyl groups is 1. The lowest BCUT2D eigenvalue weighted by molar-refractivity contribution is -0.138. The van der Waals surface area contributed by atoms with Crippen LogP contribution in [0.3, 0.4) is 0 Å². The lowest BCUT2D eigenvalue weighted by Gasteiger charge is -2.26. The number of piperazine rings is 1. The zero-order valence-corrected chi connectivity index (χ0v) is 10.2. The molecule has 2 amide bonds. The van der Waals surface area contributed by atoms with Crippen LogP contribution in [0, 0.1) is 0 Å².